The van der Waals surface area contributed by atoms with Crippen LogP contribution in [0, 0.1) is 0 Å². The van der Waals surface area contributed by atoms with Crippen molar-refractivity contribution < 1.29 is 4.79 Å². The second-order valence-electron chi connectivity index (χ2n) is 5.84. The fraction of sp³-hybridized carbons (Fsp3) is 0.571. The molecule has 3 heterocycles. The molecule has 1 saturated carbocycles. The first-order valence-electron chi connectivity index (χ1n) is 7.44. The van der Waals surface area contributed by atoms with Gasteiger partial charge in [0.2, 0.25) is 5.91 Å². The fourth-order valence-electron chi connectivity index (χ4n) is 3.00. The number of anilines is 1. The lowest BCUT2D eigenvalue weighted by molar-refractivity contribution is -0.122. The summed E-state index contributed by atoms with van der Waals surface area (Å²) in [6, 6.07) is 0.271. The second kappa shape index (κ2) is 4.68. The maximum Gasteiger partial charge on any atom is 0.242 e. The third-order valence-corrected chi connectivity index (χ3v) is 4.26. The highest BCUT2D eigenvalue weighted by Crippen LogP contribution is 2.30. The molecule has 1 aliphatic carbocycles. The molecule has 1 aliphatic heterocycles. The lowest BCUT2D eigenvalue weighted by atomic mass is 10.2. The van der Waals surface area contributed by atoms with E-state index in [1.807, 2.05) is 7.05 Å². The molecule has 0 spiro atoms. The summed E-state index contributed by atoms with van der Waals surface area (Å²) in [6.07, 6.45) is 7.43. The first-order valence-corrected chi connectivity index (χ1v) is 7.44. The molecule has 1 N–H and O–H groups in total. The van der Waals surface area contributed by atoms with Gasteiger partial charge < -0.3 is 10.2 Å². The molecule has 0 radical (unpaired) electrons. The fourth-order valence-corrected chi connectivity index (χ4v) is 3.00. The van der Waals surface area contributed by atoms with Gasteiger partial charge >= 0.3 is 0 Å². The van der Waals surface area contributed by atoms with Gasteiger partial charge in [-0.3, -0.25) is 9.48 Å². The van der Waals surface area contributed by atoms with Crippen LogP contribution in [0.1, 0.15) is 25.7 Å². The van der Waals surface area contributed by atoms with Gasteiger partial charge in [0, 0.05) is 19.6 Å². The Morgan fingerprint density at radius 2 is 2.19 bits per heavy atom. The molecule has 1 unspecified atom stereocenters. The maximum atomic E-state index is 12.4. The van der Waals surface area contributed by atoms with Crippen LogP contribution in [0.3, 0.4) is 0 Å². The molecule has 1 atom stereocenters. The molecule has 7 heteroatoms. The van der Waals surface area contributed by atoms with Crippen molar-refractivity contribution in [2.45, 2.75) is 37.8 Å². The Balaban J connectivity index is 1.67. The number of hydrogen-bond donors (Lipinski definition) is 1. The van der Waals surface area contributed by atoms with E-state index >= 15 is 0 Å². The van der Waals surface area contributed by atoms with E-state index in [1.54, 1.807) is 17.2 Å². The van der Waals surface area contributed by atoms with Crippen molar-refractivity contribution in [3.8, 4) is 0 Å². The monoisotopic (exact) mass is 286 g/mol. The van der Waals surface area contributed by atoms with Gasteiger partial charge in [-0.05, 0) is 25.7 Å². The second-order valence-corrected chi connectivity index (χ2v) is 5.84. The van der Waals surface area contributed by atoms with Gasteiger partial charge in [0.05, 0.1) is 11.6 Å². The van der Waals surface area contributed by atoms with E-state index in [0.717, 1.165) is 49.1 Å². The van der Waals surface area contributed by atoms with Gasteiger partial charge in [-0.25, -0.2) is 9.97 Å². The number of rotatable bonds is 3. The lowest BCUT2D eigenvalue weighted by Crippen LogP contribution is -2.44. The molecule has 2 aliphatic rings. The minimum absolute atomic E-state index is 0.121. The van der Waals surface area contributed by atoms with Gasteiger partial charge in [-0.15, -0.1) is 0 Å². The third-order valence-electron chi connectivity index (χ3n) is 4.26. The molecular weight excluding hydrogens is 268 g/mol. The number of hydrogen-bond acceptors (Lipinski definition) is 5. The minimum Gasteiger partial charge on any atom is -0.352 e. The molecular formula is C14H18N6O. The minimum atomic E-state index is -0.121. The van der Waals surface area contributed by atoms with Crippen LogP contribution < -0.4 is 10.2 Å². The molecule has 2 aromatic rings. The SMILES string of the molecule is Cn1ncc2c(N3CCCC3C(=O)NC3CC3)ncnc21. The molecule has 110 valence electrons. The van der Waals surface area contributed by atoms with Crippen LogP contribution in [0.15, 0.2) is 12.5 Å². The highest BCUT2D eigenvalue weighted by Gasteiger charge is 2.35. The smallest absolute Gasteiger partial charge is 0.242 e. The van der Waals surface area contributed by atoms with Crippen LogP contribution in [0.2, 0.25) is 0 Å². The molecule has 21 heavy (non-hydrogen) atoms. The first-order chi connectivity index (χ1) is 10.2. The number of aromatic nitrogens is 4. The number of nitrogens with one attached hydrogen (secondary N) is 1. The summed E-state index contributed by atoms with van der Waals surface area (Å²) in [7, 11) is 1.86. The van der Waals surface area contributed by atoms with Crippen LogP contribution in [0.5, 0.6) is 0 Å². The third kappa shape index (κ3) is 2.12. The van der Waals surface area contributed by atoms with Crippen LogP contribution in [-0.4, -0.2) is 44.3 Å². The first kappa shape index (κ1) is 12.6. The number of carbonyl (C=O) groups excluding carboxylic acids is 1. The Hall–Kier alpha value is -2.18. The van der Waals surface area contributed by atoms with Crippen molar-refractivity contribution in [1.29, 1.82) is 0 Å². The zero-order valence-corrected chi connectivity index (χ0v) is 12.0. The van der Waals surface area contributed by atoms with E-state index in [9.17, 15) is 4.79 Å². The van der Waals surface area contributed by atoms with E-state index in [4.69, 9.17) is 0 Å². The average molecular weight is 286 g/mol. The normalized spacial score (nSPS) is 22.0. The number of carbonyl (C=O) groups is 1. The Morgan fingerprint density at radius 1 is 1.33 bits per heavy atom. The number of amides is 1. The van der Waals surface area contributed by atoms with E-state index in [0.29, 0.717) is 6.04 Å². The zero-order valence-electron chi connectivity index (χ0n) is 12.0. The molecule has 2 aromatic heterocycles. The summed E-state index contributed by atoms with van der Waals surface area (Å²) in [5.74, 6) is 0.951. The van der Waals surface area contributed by atoms with E-state index < -0.39 is 0 Å². The molecule has 2 fully saturated rings. The molecule has 4 rings (SSSR count). The Morgan fingerprint density at radius 3 is 3.00 bits per heavy atom. The number of fused-ring (bicyclic) bond motifs is 1. The summed E-state index contributed by atoms with van der Waals surface area (Å²) in [5.41, 5.74) is 0.799. The van der Waals surface area contributed by atoms with Crippen molar-refractivity contribution in [3.63, 3.8) is 0 Å². The highest BCUT2D eigenvalue weighted by molar-refractivity contribution is 5.92. The Labute approximate surface area is 122 Å². The van der Waals surface area contributed by atoms with Crippen LogP contribution in [-0.2, 0) is 11.8 Å². The van der Waals surface area contributed by atoms with E-state index in [2.05, 4.69) is 25.3 Å². The van der Waals surface area contributed by atoms with Crippen molar-refractivity contribution in [1.82, 2.24) is 25.1 Å². The summed E-state index contributed by atoms with van der Waals surface area (Å²) in [6.45, 7) is 0.851. The van der Waals surface area contributed by atoms with Crippen molar-refractivity contribution >= 4 is 22.8 Å². The zero-order chi connectivity index (χ0) is 14.4. The van der Waals surface area contributed by atoms with Gasteiger partial charge in [0.1, 0.15) is 18.2 Å². The molecule has 1 amide bonds. The molecule has 1 saturated heterocycles. The van der Waals surface area contributed by atoms with Crippen molar-refractivity contribution in [2.75, 3.05) is 11.4 Å². The lowest BCUT2D eigenvalue weighted by Gasteiger charge is -2.25. The predicted molar refractivity (Wildman–Crippen MR) is 77.8 cm³/mol. The standard InChI is InChI=1S/C14H18N6O/c1-19-12-10(7-17-19)13(16-8-15-12)20-6-2-3-11(20)14(21)18-9-4-5-9/h7-9,11H,2-6H2,1H3,(H,18,21). The number of nitrogens with zero attached hydrogens (tertiary/aromatic N) is 5. The highest BCUT2D eigenvalue weighted by atomic mass is 16.2. The van der Waals surface area contributed by atoms with Crippen LogP contribution in [0.25, 0.3) is 11.0 Å². The van der Waals surface area contributed by atoms with Gasteiger partial charge in [-0.1, -0.05) is 0 Å². The summed E-state index contributed by atoms with van der Waals surface area (Å²) in [4.78, 5) is 23.2. The summed E-state index contributed by atoms with van der Waals surface area (Å²) in [5, 5.41) is 8.26. The topological polar surface area (TPSA) is 75.9 Å². The quantitative estimate of drug-likeness (QED) is 0.894. The van der Waals surface area contributed by atoms with E-state index in [-0.39, 0.29) is 11.9 Å². The van der Waals surface area contributed by atoms with Crippen molar-refractivity contribution in [2.24, 2.45) is 7.05 Å². The summed E-state index contributed by atoms with van der Waals surface area (Å²) < 4.78 is 1.73. The largest absolute Gasteiger partial charge is 0.352 e. The summed E-state index contributed by atoms with van der Waals surface area (Å²) >= 11 is 0. The predicted octanol–water partition coefficient (Wildman–Crippen LogP) is 0.611. The maximum absolute atomic E-state index is 12.4. The van der Waals surface area contributed by atoms with Gasteiger partial charge in [0.15, 0.2) is 5.65 Å². The Kier molecular flexibility index (Phi) is 2.80. The van der Waals surface area contributed by atoms with E-state index in [1.165, 1.54) is 0 Å². The van der Waals surface area contributed by atoms with Crippen molar-refractivity contribution in [3.05, 3.63) is 12.5 Å². The van der Waals surface area contributed by atoms with Gasteiger partial charge in [-0.2, -0.15) is 5.10 Å². The van der Waals surface area contributed by atoms with Crippen LogP contribution in [0.4, 0.5) is 5.82 Å². The number of aryl methyl sites for hydroxylation is 1. The molecule has 0 bridgehead atoms. The molecule has 0 aromatic carbocycles. The molecule has 7 nitrogen and oxygen atoms in total. The van der Waals surface area contributed by atoms with Gasteiger partial charge in [0.25, 0.3) is 0 Å². The Bertz CT molecular complexity index is 692. The van der Waals surface area contributed by atoms with Crippen LogP contribution >= 0.6 is 0 Å². The average Bonchev–Trinajstić information content (AvgIpc) is 3.02.